The number of halogens is 3. The number of sulfonamides is 2. The quantitative estimate of drug-likeness (QED) is 0.275. The van der Waals surface area contributed by atoms with Gasteiger partial charge in [-0.05, 0) is 50.6 Å². The average Bonchev–Trinajstić information content (AvgIpc) is 3.76. The second-order valence-electron chi connectivity index (χ2n) is 10.5. The van der Waals surface area contributed by atoms with E-state index >= 15 is 0 Å². The monoisotopic (exact) mass is 680 g/mol. The SMILES string of the molecule is CNS(=O)(=O)c1cccc(OCC(O)CNC2COC3(CCN(S(=O)(=O)c4ccc(-c5cc(C(F)(F)F)on5)s4)CC3)C2)c1. The van der Waals surface area contributed by atoms with E-state index < -0.39 is 43.7 Å². The van der Waals surface area contributed by atoms with Gasteiger partial charge in [0.15, 0.2) is 0 Å². The molecule has 3 N–H and O–H groups in total. The van der Waals surface area contributed by atoms with Crippen LogP contribution in [-0.2, 0) is 31.0 Å². The molecule has 5 rings (SSSR count). The fourth-order valence-corrected chi connectivity index (χ4v) is 8.73. The molecule has 2 fully saturated rings. The molecule has 0 saturated carbocycles. The van der Waals surface area contributed by atoms with Crippen molar-refractivity contribution < 1.29 is 49.1 Å². The lowest BCUT2D eigenvalue weighted by molar-refractivity contribution is -0.155. The van der Waals surface area contributed by atoms with Crippen LogP contribution in [0.15, 0.2) is 56.1 Å². The summed E-state index contributed by atoms with van der Waals surface area (Å²) in [6.45, 7) is 0.949. The number of aromatic nitrogens is 1. The summed E-state index contributed by atoms with van der Waals surface area (Å²) in [6, 6.07) is 9.36. The number of hydrogen-bond acceptors (Lipinski definition) is 11. The Morgan fingerprint density at radius 3 is 2.61 bits per heavy atom. The summed E-state index contributed by atoms with van der Waals surface area (Å²) in [5.41, 5.74) is -0.607. The van der Waals surface area contributed by atoms with Gasteiger partial charge in [0, 0.05) is 37.8 Å². The first-order valence-corrected chi connectivity index (χ1v) is 17.3. The van der Waals surface area contributed by atoms with Crippen LogP contribution < -0.4 is 14.8 Å². The number of hydrogen-bond donors (Lipinski definition) is 3. The van der Waals surface area contributed by atoms with Gasteiger partial charge in [-0.3, -0.25) is 0 Å². The molecule has 0 amide bonds. The third-order valence-corrected chi connectivity index (χ3v) is 12.4. The van der Waals surface area contributed by atoms with Crippen molar-refractivity contribution in [3.05, 3.63) is 48.2 Å². The summed E-state index contributed by atoms with van der Waals surface area (Å²) < 4.78 is 109. The number of rotatable bonds is 11. The highest BCUT2D eigenvalue weighted by molar-refractivity contribution is 7.91. The summed E-state index contributed by atoms with van der Waals surface area (Å²) in [5, 5.41) is 17.1. The Kier molecular flexibility index (Phi) is 9.44. The number of thiophene rings is 1. The summed E-state index contributed by atoms with van der Waals surface area (Å²) in [7, 11) is -6.19. The van der Waals surface area contributed by atoms with Crippen LogP contribution in [-0.4, -0.2) is 89.0 Å². The summed E-state index contributed by atoms with van der Waals surface area (Å²) in [6.07, 6.45) is -4.04. The van der Waals surface area contributed by atoms with Crippen molar-refractivity contribution >= 4 is 31.4 Å². The molecule has 2 aromatic heterocycles. The van der Waals surface area contributed by atoms with E-state index in [0.717, 1.165) is 17.4 Å². The number of aliphatic hydroxyl groups excluding tert-OH is 1. The fraction of sp³-hybridized carbons (Fsp3) is 0.500. The third-order valence-electron chi connectivity index (χ3n) is 7.53. The number of piperidine rings is 1. The number of ether oxygens (including phenoxy) is 2. The minimum atomic E-state index is -4.69. The van der Waals surface area contributed by atoms with Crippen molar-refractivity contribution in [2.24, 2.45) is 0 Å². The predicted molar refractivity (Wildman–Crippen MR) is 152 cm³/mol. The highest BCUT2D eigenvalue weighted by Crippen LogP contribution is 2.40. The maximum atomic E-state index is 13.3. The molecule has 1 spiro atoms. The van der Waals surface area contributed by atoms with Gasteiger partial charge in [0.05, 0.1) is 22.0 Å². The molecule has 0 aliphatic carbocycles. The average molecular weight is 681 g/mol. The van der Waals surface area contributed by atoms with Gasteiger partial charge in [-0.2, -0.15) is 17.5 Å². The number of benzene rings is 1. The molecule has 2 aliphatic heterocycles. The molecule has 2 aliphatic rings. The summed E-state index contributed by atoms with van der Waals surface area (Å²) in [5.74, 6) is -0.956. The molecule has 2 saturated heterocycles. The maximum Gasteiger partial charge on any atom is 0.452 e. The van der Waals surface area contributed by atoms with Crippen molar-refractivity contribution in [3.8, 4) is 16.3 Å². The van der Waals surface area contributed by atoms with Gasteiger partial charge in [-0.15, -0.1) is 11.3 Å². The Hall–Kier alpha value is -2.58. The van der Waals surface area contributed by atoms with E-state index in [1.165, 1.54) is 35.6 Å². The van der Waals surface area contributed by atoms with E-state index in [9.17, 15) is 35.1 Å². The molecule has 1 aromatic carbocycles. The zero-order valence-electron chi connectivity index (χ0n) is 23.4. The molecular weight excluding hydrogens is 650 g/mol. The zero-order chi connectivity index (χ0) is 31.8. The van der Waals surface area contributed by atoms with Crippen LogP contribution in [0.25, 0.3) is 10.6 Å². The van der Waals surface area contributed by atoms with E-state index in [-0.39, 0.29) is 52.0 Å². The van der Waals surface area contributed by atoms with E-state index in [4.69, 9.17) is 9.47 Å². The number of aliphatic hydroxyl groups is 1. The van der Waals surface area contributed by atoms with E-state index in [2.05, 4.69) is 19.7 Å². The van der Waals surface area contributed by atoms with Crippen LogP contribution in [0.4, 0.5) is 13.2 Å². The second kappa shape index (κ2) is 12.7. The van der Waals surface area contributed by atoms with Crippen LogP contribution in [0, 0.1) is 0 Å². The van der Waals surface area contributed by atoms with Gasteiger partial charge in [0.2, 0.25) is 15.8 Å². The molecule has 3 aromatic rings. The van der Waals surface area contributed by atoms with Crippen molar-refractivity contribution in [1.29, 1.82) is 0 Å². The van der Waals surface area contributed by atoms with Gasteiger partial charge in [0.25, 0.3) is 10.0 Å². The Balaban J connectivity index is 1.09. The van der Waals surface area contributed by atoms with Gasteiger partial charge in [-0.1, -0.05) is 11.2 Å². The number of alkyl halides is 3. The van der Waals surface area contributed by atoms with Crippen molar-refractivity contribution in [3.63, 3.8) is 0 Å². The Bertz CT molecular complexity index is 1670. The standard InChI is InChI=1S/C26H31F3N4O8S3/c1-30-43(35,36)20-4-2-3-19(11-20)39-16-18(34)14-31-17-13-25(40-15-17)7-9-33(10-8-25)44(37,38)24-6-5-22(42-24)21-12-23(41-32-21)26(27,28)29/h2-6,11-12,17-18,30-31,34H,7-10,13-16H2,1H3. The first-order chi connectivity index (χ1) is 20.7. The lowest BCUT2D eigenvalue weighted by atomic mass is 9.88. The molecule has 2 unspecified atom stereocenters. The van der Waals surface area contributed by atoms with Crippen molar-refractivity contribution in [2.45, 2.75) is 52.3 Å². The Morgan fingerprint density at radius 1 is 1.18 bits per heavy atom. The summed E-state index contributed by atoms with van der Waals surface area (Å²) >= 11 is 0.825. The van der Waals surface area contributed by atoms with Gasteiger partial charge in [0.1, 0.15) is 28.4 Å². The van der Waals surface area contributed by atoms with Gasteiger partial charge in [-0.25, -0.2) is 21.6 Å². The molecule has 0 bridgehead atoms. The third kappa shape index (κ3) is 7.28. The second-order valence-corrected chi connectivity index (χ2v) is 15.7. The van der Waals surface area contributed by atoms with Crippen LogP contribution in [0.3, 0.4) is 0 Å². The molecule has 0 radical (unpaired) electrons. The molecule has 242 valence electrons. The van der Waals surface area contributed by atoms with Crippen molar-refractivity contribution in [2.75, 3.05) is 39.9 Å². The van der Waals surface area contributed by atoms with Crippen LogP contribution >= 0.6 is 11.3 Å². The molecule has 12 nitrogen and oxygen atoms in total. The molecule has 44 heavy (non-hydrogen) atoms. The van der Waals surface area contributed by atoms with Gasteiger partial charge < -0.3 is 24.4 Å². The number of nitrogens with one attached hydrogen (secondary N) is 2. The first kappa shape index (κ1) is 32.8. The largest absolute Gasteiger partial charge is 0.491 e. The summed E-state index contributed by atoms with van der Waals surface area (Å²) in [4.78, 5) is 0.291. The lowest BCUT2D eigenvalue weighted by Crippen LogP contribution is -2.47. The highest BCUT2D eigenvalue weighted by atomic mass is 32.2. The molecule has 2 atom stereocenters. The molecule has 18 heteroatoms. The van der Waals surface area contributed by atoms with Crippen LogP contribution in [0.2, 0.25) is 0 Å². The zero-order valence-corrected chi connectivity index (χ0v) is 25.9. The minimum Gasteiger partial charge on any atom is -0.491 e. The molecular formula is C26H31F3N4O8S3. The van der Waals surface area contributed by atoms with E-state index in [1.807, 2.05) is 0 Å². The molecule has 4 heterocycles. The normalized spacial score (nSPS) is 20.2. The van der Waals surface area contributed by atoms with E-state index in [0.29, 0.717) is 31.6 Å². The van der Waals surface area contributed by atoms with Crippen LogP contribution in [0.1, 0.15) is 25.0 Å². The smallest absolute Gasteiger partial charge is 0.452 e. The van der Waals surface area contributed by atoms with Gasteiger partial charge >= 0.3 is 6.18 Å². The number of nitrogens with zero attached hydrogens (tertiary/aromatic N) is 2. The van der Waals surface area contributed by atoms with E-state index in [1.54, 1.807) is 12.1 Å². The lowest BCUT2D eigenvalue weighted by Gasteiger charge is -2.37. The topological polar surface area (TPSA) is 160 Å². The fourth-order valence-electron chi connectivity index (χ4n) is 5.11. The minimum absolute atomic E-state index is 0.00141. The Labute approximate surface area is 256 Å². The highest BCUT2D eigenvalue weighted by Gasteiger charge is 2.45. The van der Waals surface area contributed by atoms with Crippen LogP contribution in [0.5, 0.6) is 5.75 Å². The maximum absolute atomic E-state index is 13.3. The predicted octanol–water partition coefficient (Wildman–Crippen LogP) is 2.67. The Morgan fingerprint density at radius 2 is 1.93 bits per heavy atom. The first-order valence-electron chi connectivity index (χ1n) is 13.6. The van der Waals surface area contributed by atoms with Crippen molar-refractivity contribution in [1.82, 2.24) is 19.5 Å².